The van der Waals surface area contributed by atoms with Crippen molar-refractivity contribution in [2.24, 2.45) is 0 Å². The molecule has 1 fully saturated rings. The molecule has 1 amide bonds. The molecule has 3 rings (SSSR count). The Hall–Kier alpha value is -2.10. The molecule has 1 saturated carbocycles. The van der Waals surface area contributed by atoms with Crippen LogP contribution in [0.25, 0.3) is 10.9 Å². The monoisotopic (exact) mass is 284 g/mol. The summed E-state index contributed by atoms with van der Waals surface area (Å²) >= 11 is 0. The molecule has 1 aliphatic rings. The average Bonchev–Trinajstić information content (AvgIpc) is 3.12. The van der Waals surface area contributed by atoms with Crippen LogP contribution in [0.15, 0.2) is 18.2 Å². The number of carbonyl (C=O) groups excluding carboxylic acids is 2. The number of nitrogens with one attached hydrogen (secondary N) is 1. The number of aromatic amines is 1. The van der Waals surface area contributed by atoms with Crippen molar-refractivity contribution in [2.75, 3.05) is 7.05 Å². The van der Waals surface area contributed by atoms with E-state index in [1.165, 1.54) is 12.8 Å². The molecule has 0 aliphatic heterocycles. The van der Waals surface area contributed by atoms with Crippen molar-refractivity contribution in [3.05, 3.63) is 35.0 Å². The second-order valence-electron chi connectivity index (χ2n) is 5.93. The zero-order valence-electron chi connectivity index (χ0n) is 12.5. The first-order valence-electron chi connectivity index (χ1n) is 7.46. The van der Waals surface area contributed by atoms with Gasteiger partial charge in [-0.2, -0.15) is 0 Å². The summed E-state index contributed by atoms with van der Waals surface area (Å²) in [5.41, 5.74) is 2.84. The predicted octanol–water partition coefficient (Wildman–Crippen LogP) is 3.30. The number of fused-ring (bicyclic) bond motifs is 1. The van der Waals surface area contributed by atoms with Crippen LogP contribution in [0.4, 0.5) is 0 Å². The number of carbonyl (C=O) groups is 2. The third kappa shape index (κ3) is 2.35. The molecule has 1 aliphatic carbocycles. The summed E-state index contributed by atoms with van der Waals surface area (Å²) in [6.07, 6.45) is 5.24. The molecule has 4 heteroatoms. The summed E-state index contributed by atoms with van der Waals surface area (Å²) in [7, 11) is 1.84. The molecular formula is C17H20N2O2. The van der Waals surface area contributed by atoms with Gasteiger partial charge in [-0.3, -0.25) is 9.59 Å². The molecule has 2 aromatic rings. The summed E-state index contributed by atoms with van der Waals surface area (Å²) in [5, 5.41) is 0.818. The van der Waals surface area contributed by atoms with Gasteiger partial charge in [0.1, 0.15) is 5.69 Å². The Labute approximate surface area is 124 Å². The molecule has 1 aromatic carbocycles. The van der Waals surface area contributed by atoms with E-state index in [9.17, 15) is 9.59 Å². The predicted molar refractivity (Wildman–Crippen MR) is 82.8 cm³/mol. The maximum Gasteiger partial charge on any atom is 0.271 e. The number of H-pyrrole nitrogens is 1. The fourth-order valence-corrected chi connectivity index (χ4v) is 3.26. The first-order valence-corrected chi connectivity index (χ1v) is 7.46. The lowest BCUT2D eigenvalue weighted by molar-refractivity contribution is 0.0727. The van der Waals surface area contributed by atoms with Crippen LogP contribution in [0.1, 0.15) is 52.1 Å². The van der Waals surface area contributed by atoms with Gasteiger partial charge in [0.05, 0.1) is 5.56 Å². The number of hydrogen-bond donors (Lipinski definition) is 1. The fourth-order valence-electron chi connectivity index (χ4n) is 3.26. The minimum atomic E-state index is -0.0853. The molecule has 0 bridgehead atoms. The lowest BCUT2D eigenvalue weighted by Crippen LogP contribution is -2.35. The maximum absolute atomic E-state index is 12.7. The van der Waals surface area contributed by atoms with Crippen LogP contribution in [0, 0.1) is 6.92 Å². The Kier molecular flexibility index (Phi) is 3.53. The van der Waals surface area contributed by atoms with Gasteiger partial charge < -0.3 is 9.88 Å². The SMILES string of the molecule is Cc1ccc2c(C=O)c(C(=O)N(C)C3CCCC3)[nH]c2c1. The molecule has 4 nitrogen and oxygen atoms in total. The summed E-state index contributed by atoms with van der Waals surface area (Å²) < 4.78 is 0. The van der Waals surface area contributed by atoms with Gasteiger partial charge in [0.25, 0.3) is 5.91 Å². The van der Waals surface area contributed by atoms with Crippen LogP contribution in [-0.2, 0) is 0 Å². The number of rotatable bonds is 3. The van der Waals surface area contributed by atoms with E-state index in [4.69, 9.17) is 0 Å². The molecule has 110 valence electrons. The average molecular weight is 284 g/mol. The van der Waals surface area contributed by atoms with Crippen LogP contribution in [0.5, 0.6) is 0 Å². The molecule has 0 saturated heterocycles. The normalized spacial score (nSPS) is 15.5. The molecule has 0 atom stereocenters. The van der Waals surface area contributed by atoms with Crippen LogP contribution >= 0.6 is 0 Å². The van der Waals surface area contributed by atoms with E-state index >= 15 is 0 Å². The molecule has 1 N–H and O–H groups in total. The van der Waals surface area contributed by atoms with Gasteiger partial charge >= 0.3 is 0 Å². The molecule has 21 heavy (non-hydrogen) atoms. The van der Waals surface area contributed by atoms with E-state index < -0.39 is 0 Å². The minimum absolute atomic E-state index is 0.0853. The van der Waals surface area contributed by atoms with Gasteiger partial charge in [-0.25, -0.2) is 0 Å². The Morgan fingerprint density at radius 1 is 1.33 bits per heavy atom. The standard InChI is InChI=1S/C17H20N2O2/c1-11-7-8-13-14(10-20)16(18-15(13)9-11)17(21)19(2)12-5-3-4-6-12/h7-10,12,18H,3-6H2,1-2H3. The number of aldehydes is 1. The van der Waals surface area contributed by atoms with Gasteiger partial charge in [0.15, 0.2) is 6.29 Å². The van der Waals surface area contributed by atoms with Crippen LogP contribution in [-0.4, -0.2) is 35.2 Å². The van der Waals surface area contributed by atoms with Crippen molar-refractivity contribution in [1.29, 1.82) is 0 Å². The van der Waals surface area contributed by atoms with Crippen molar-refractivity contribution in [1.82, 2.24) is 9.88 Å². The second kappa shape index (κ2) is 5.35. The van der Waals surface area contributed by atoms with E-state index in [1.807, 2.05) is 32.2 Å². The number of hydrogen-bond acceptors (Lipinski definition) is 2. The highest BCUT2D eigenvalue weighted by Crippen LogP contribution is 2.27. The number of nitrogens with zero attached hydrogens (tertiary/aromatic N) is 1. The lowest BCUT2D eigenvalue weighted by Gasteiger charge is -2.23. The van der Waals surface area contributed by atoms with Crippen molar-refractivity contribution < 1.29 is 9.59 Å². The molecule has 1 heterocycles. The van der Waals surface area contributed by atoms with Gasteiger partial charge in [0.2, 0.25) is 0 Å². The topological polar surface area (TPSA) is 53.2 Å². The highest BCUT2D eigenvalue weighted by atomic mass is 16.2. The second-order valence-corrected chi connectivity index (χ2v) is 5.93. The first-order chi connectivity index (χ1) is 10.1. The van der Waals surface area contributed by atoms with Gasteiger partial charge in [-0.05, 0) is 31.4 Å². The summed E-state index contributed by atoms with van der Waals surface area (Å²) in [5.74, 6) is -0.0853. The highest BCUT2D eigenvalue weighted by Gasteiger charge is 2.27. The minimum Gasteiger partial charge on any atom is -0.350 e. The van der Waals surface area contributed by atoms with E-state index in [-0.39, 0.29) is 5.91 Å². The lowest BCUT2D eigenvalue weighted by atomic mass is 10.1. The summed E-state index contributed by atoms with van der Waals surface area (Å²) in [4.78, 5) is 29.1. The number of benzene rings is 1. The smallest absolute Gasteiger partial charge is 0.271 e. The number of aromatic nitrogens is 1. The third-order valence-corrected chi connectivity index (χ3v) is 4.52. The summed E-state index contributed by atoms with van der Waals surface area (Å²) in [6.45, 7) is 1.99. The molecular weight excluding hydrogens is 264 g/mol. The highest BCUT2D eigenvalue weighted by molar-refractivity contribution is 6.09. The molecule has 1 aromatic heterocycles. The van der Waals surface area contributed by atoms with E-state index in [0.717, 1.165) is 35.6 Å². The Bertz CT molecular complexity index is 696. The zero-order chi connectivity index (χ0) is 15.0. The van der Waals surface area contributed by atoms with Crippen molar-refractivity contribution in [3.8, 4) is 0 Å². The Balaban J connectivity index is 2.02. The van der Waals surface area contributed by atoms with Crippen LogP contribution < -0.4 is 0 Å². The van der Waals surface area contributed by atoms with Crippen molar-refractivity contribution in [2.45, 2.75) is 38.6 Å². The van der Waals surface area contributed by atoms with Gasteiger partial charge in [-0.1, -0.05) is 25.0 Å². The van der Waals surface area contributed by atoms with Gasteiger partial charge in [-0.15, -0.1) is 0 Å². The van der Waals surface area contributed by atoms with Crippen LogP contribution in [0.3, 0.4) is 0 Å². The van der Waals surface area contributed by atoms with E-state index in [0.29, 0.717) is 17.3 Å². The van der Waals surface area contributed by atoms with Crippen molar-refractivity contribution >= 4 is 23.1 Å². The largest absolute Gasteiger partial charge is 0.350 e. The van der Waals surface area contributed by atoms with Crippen LogP contribution in [0.2, 0.25) is 0 Å². The van der Waals surface area contributed by atoms with E-state index in [1.54, 1.807) is 4.90 Å². The maximum atomic E-state index is 12.7. The van der Waals surface area contributed by atoms with Crippen molar-refractivity contribution in [3.63, 3.8) is 0 Å². The fraction of sp³-hybridized carbons (Fsp3) is 0.412. The zero-order valence-corrected chi connectivity index (χ0v) is 12.5. The molecule has 0 spiro atoms. The summed E-state index contributed by atoms with van der Waals surface area (Å²) in [6, 6.07) is 6.12. The van der Waals surface area contributed by atoms with Gasteiger partial charge in [0, 0.05) is 24.0 Å². The third-order valence-electron chi connectivity index (χ3n) is 4.52. The number of aryl methyl sites for hydroxylation is 1. The number of amides is 1. The quantitative estimate of drug-likeness (QED) is 0.879. The molecule has 0 unspecified atom stereocenters. The van der Waals surface area contributed by atoms with E-state index in [2.05, 4.69) is 4.98 Å². The Morgan fingerprint density at radius 3 is 2.71 bits per heavy atom. The Morgan fingerprint density at radius 2 is 2.05 bits per heavy atom. The molecule has 0 radical (unpaired) electrons. The first kappa shape index (κ1) is 13.9.